The molecule has 0 fully saturated rings. The zero-order chi connectivity index (χ0) is 21.6. The summed E-state index contributed by atoms with van der Waals surface area (Å²) in [6.45, 7) is 9.99. The molecule has 1 atom stereocenters. The van der Waals surface area contributed by atoms with E-state index >= 15 is 0 Å². The first-order chi connectivity index (χ1) is 13.7. The molecule has 0 aliphatic heterocycles. The van der Waals surface area contributed by atoms with Gasteiger partial charge in [-0.2, -0.15) is 0 Å². The van der Waals surface area contributed by atoms with E-state index in [1.165, 1.54) is 0 Å². The number of ether oxygens (including phenoxy) is 1. The van der Waals surface area contributed by atoms with Gasteiger partial charge in [0.25, 0.3) is 0 Å². The van der Waals surface area contributed by atoms with Crippen molar-refractivity contribution in [2.45, 2.75) is 59.7 Å². The second kappa shape index (κ2) is 10.1. The molecular weight excluding hydrogens is 364 g/mol. The van der Waals surface area contributed by atoms with Crippen LogP contribution in [0.25, 0.3) is 0 Å². The Kier molecular flexibility index (Phi) is 7.82. The Morgan fingerprint density at radius 3 is 2.28 bits per heavy atom. The summed E-state index contributed by atoms with van der Waals surface area (Å²) < 4.78 is 5.21. The molecular formula is C24H32N2O3. The van der Waals surface area contributed by atoms with Crippen molar-refractivity contribution in [2.75, 3.05) is 7.11 Å². The molecule has 0 saturated carbocycles. The lowest BCUT2D eigenvalue weighted by Gasteiger charge is -2.29. The van der Waals surface area contributed by atoms with E-state index in [4.69, 9.17) is 4.74 Å². The fraction of sp³-hybridized carbons (Fsp3) is 0.417. The summed E-state index contributed by atoms with van der Waals surface area (Å²) in [5, 5.41) is 2.91. The lowest BCUT2D eigenvalue weighted by molar-refractivity contribution is -0.140. The molecule has 2 rings (SSSR count). The third-order valence-corrected chi connectivity index (χ3v) is 4.96. The fourth-order valence-corrected chi connectivity index (χ4v) is 3.17. The normalized spacial score (nSPS) is 11.8. The van der Waals surface area contributed by atoms with Crippen LogP contribution in [-0.2, 0) is 22.6 Å². The number of nitrogens with zero attached hydrogens (tertiary/aromatic N) is 1. The van der Waals surface area contributed by atoms with Crippen LogP contribution in [0.5, 0.6) is 5.75 Å². The molecule has 5 heteroatoms. The molecule has 2 aromatic rings. The molecule has 0 radical (unpaired) electrons. The van der Waals surface area contributed by atoms with Crippen LogP contribution in [0.15, 0.2) is 42.5 Å². The highest BCUT2D eigenvalue weighted by Crippen LogP contribution is 2.18. The van der Waals surface area contributed by atoms with Gasteiger partial charge in [0.15, 0.2) is 0 Å². The molecule has 0 aromatic heterocycles. The van der Waals surface area contributed by atoms with E-state index in [2.05, 4.69) is 5.32 Å². The average Bonchev–Trinajstić information content (AvgIpc) is 2.68. The second-order valence-electron chi connectivity index (χ2n) is 7.82. The van der Waals surface area contributed by atoms with Crippen LogP contribution in [0, 0.1) is 13.8 Å². The largest absolute Gasteiger partial charge is 0.497 e. The smallest absolute Gasteiger partial charge is 0.242 e. The van der Waals surface area contributed by atoms with E-state index in [0.717, 1.165) is 28.0 Å². The second-order valence-corrected chi connectivity index (χ2v) is 7.82. The minimum absolute atomic E-state index is 0.0157. The molecule has 0 heterocycles. The van der Waals surface area contributed by atoms with Crippen molar-refractivity contribution in [1.82, 2.24) is 10.2 Å². The zero-order valence-corrected chi connectivity index (χ0v) is 18.3. The Bertz CT molecular complexity index is 844. The predicted octanol–water partition coefficient (Wildman–Crippen LogP) is 3.80. The van der Waals surface area contributed by atoms with Crippen molar-refractivity contribution in [3.05, 3.63) is 64.7 Å². The molecule has 2 aromatic carbocycles. The molecule has 156 valence electrons. The van der Waals surface area contributed by atoms with Gasteiger partial charge in [0, 0.05) is 12.6 Å². The van der Waals surface area contributed by atoms with E-state index in [9.17, 15) is 9.59 Å². The van der Waals surface area contributed by atoms with Crippen LogP contribution in [0.2, 0.25) is 0 Å². The average molecular weight is 397 g/mol. The maximum atomic E-state index is 13.3. The predicted molar refractivity (Wildman–Crippen MR) is 116 cm³/mol. The van der Waals surface area contributed by atoms with E-state index in [1.807, 2.05) is 70.2 Å². The first-order valence-electron chi connectivity index (χ1n) is 10.00. The van der Waals surface area contributed by atoms with E-state index < -0.39 is 6.04 Å². The highest BCUT2D eigenvalue weighted by atomic mass is 16.5. The van der Waals surface area contributed by atoms with Crippen LogP contribution in [-0.4, -0.2) is 35.9 Å². The topological polar surface area (TPSA) is 58.6 Å². The zero-order valence-electron chi connectivity index (χ0n) is 18.3. The van der Waals surface area contributed by atoms with E-state index in [1.54, 1.807) is 18.9 Å². The van der Waals surface area contributed by atoms with Gasteiger partial charge in [-0.3, -0.25) is 9.59 Å². The van der Waals surface area contributed by atoms with E-state index in [-0.39, 0.29) is 24.3 Å². The highest BCUT2D eigenvalue weighted by molar-refractivity contribution is 5.88. The van der Waals surface area contributed by atoms with Gasteiger partial charge >= 0.3 is 0 Å². The molecule has 1 N–H and O–H groups in total. The molecule has 0 saturated heterocycles. The fourth-order valence-electron chi connectivity index (χ4n) is 3.17. The third kappa shape index (κ3) is 6.34. The number of rotatable bonds is 8. The van der Waals surface area contributed by atoms with Crippen molar-refractivity contribution in [3.8, 4) is 5.75 Å². The molecule has 0 bridgehead atoms. The Morgan fingerprint density at radius 1 is 1.03 bits per heavy atom. The Morgan fingerprint density at radius 2 is 1.69 bits per heavy atom. The summed E-state index contributed by atoms with van der Waals surface area (Å²) in [6, 6.07) is 13.1. The van der Waals surface area contributed by atoms with Gasteiger partial charge in [0.1, 0.15) is 11.8 Å². The quantitative estimate of drug-likeness (QED) is 0.738. The number of carbonyl (C=O) groups is 2. The molecule has 29 heavy (non-hydrogen) atoms. The maximum Gasteiger partial charge on any atom is 0.242 e. The summed E-state index contributed by atoms with van der Waals surface area (Å²) in [7, 11) is 1.62. The number of hydrogen-bond donors (Lipinski definition) is 1. The Balaban J connectivity index is 2.27. The van der Waals surface area contributed by atoms with E-state index in [0.29, 0.717) is 6.54 Å². The number of hydrogen-bond acceptors (Lipinski definition) is 3. The van der Waals surface area contributed by atoms with Crippen LogP contribution in [0.3, 0.4) is 0 Å². The number of carbonyl (C=O) groups excluding carboxylic acids is 2. The van der Waals surface area contributed by atoms with Gasteiger partial charge in [-0.05, 0) is 63.4 Å². The van der Waals surface area contributed by atoms with Crippen LogP contribution in [0.4, 0.5) is 0 Å². The van der Waals surface area contributed by atoms with Gasteiger partial charge in [-0.1, -0.05) is 35.9 Å². The highest BCUT2D eigenvalue weighted by Gasteiger charge is 2.26. The summed E-state index contributed by atoms with van der Waals surface area (Å²) in [5.74, 6) is 0.538. The number of amides is 2. The lowest BCUT2D eigenvalue weighted by atomic mass is 10.0. The molecule has 0 aliphatic rings. The third-order valence-electron chi connectivity index (χ3n) is 4.96. The Hall–Kier alpha value is -2.82. The summed E-state index contributed by atoms with van der Waals surface area (Å²) in [5.41, 5.74) is 4.13. The van der Waals surface area contributed by atoms with Crippen molar-refractivity contribution in [2.24, 2.45) is 0 Å². The van der Waals surface area contributed by atoms with Gasteiger partial charge in [0.05, 0.1) is 13.5 Å². The van der Waals surface area contributed by atoms with Crippen molar-refractivity contribution >= 4 is 11.8 Å². The SMILES string of the molecule is COc1ccc(CN(C(=O)Cc2cc(C)ccc2C)C(C)C(=O)NC(C)C)cc1. The van der Waals surface area contributed by atoms with Gasteiger partial charge in [-0.15, -0.1) is 0 Å². The monoisotopic (exact) mass is 396 g/mol. The van der Waals surface area contributed by atoms with Gasteiger partial charge in [-0.25, -0.2) is 0 Å². The number of benzene rings is 2. The molecule has 0 aliphatic carbocycles. The first kappa shape index (κ1) is 22.5. The van der Waals surface area contributed by atoms with Crippen molar-refractivity contribution < 1.29 is 14.3 Å². The first-order valence-corrected chi connectivity index (χ1v) is 10.00. The van der Waals surface area contributed by atoms with Crippen LogP contribution in [0.1, 0.15) is 43.0 Å². The minimum Gasteiger partial charge on any atom is -0.497 e. The number of methoxy groups -OCH3 is 1. The molecule has 5 nitrogen and oxygen atoms in total. The number of aryl methyl sites for hydroxylation is 2. The summed E-state index contributed by atoms with van der Waals surface area (Å²) in [6.07, 6.45) is 0.267. The minimum atomic E-state index is -0.572. The van der Waals surface area contributed by atoms with Crippen molar-refractivity contribution in [3.63, 3.8) is 0 Å². The number of nitrogens with one attached hydrogen (secondary N) is 1. The summed E-state index contributed by atoms with van der Waals surface area (Å²) in [4.78, 5) is 27.5. The Labute approximate surface area is 174 Å². The standard InChI is InChI=1S/C24H32N2O3/c1-16(2)25-24(28)19(5)26(15-20-9-11-22(29-6)12-10-20)23(27)14-21-13-17(3)7-8-18(21)4/h7-13,16,19H,14-15H2,1-6H3,(H,25,28). The van der Waals surface area contributed by atoms with Crippen LogP contribution >= 0.6 is 0 Å². The molecule has 0 spiro atoms. The van der Waals surface area contributed by atoms with Gasteiger partial charge in [0.2, 0.25) is 11.8 Å². The summed E-state index contributed by atoms with van der Waals surface area (Å²) >= 11 is 0. The molecule has 2 amide bonds. The van der Waals surface area contributed by atoms with Crippen LogP contribution < -0.4 is 10.1 Å². The molecule has 1 unspecified atom stereocenters. The maximum absolute atomic E-state index is 13.3. The van der Waals surface area contributed by atoms with Gasteiger partial charge < -0.3 is 15.0 Å². The lowest BCUT2D eigenvalue weighted by Crippen LogP contribution is -2.49. The van der Waals surface area contributed by atoms with Crippen molar-refractivity contribution in [1.29, 1.82) is 0 Å².